The molecular weight excluding hydrogens is 302 g/mol. The van der Waals surface area contributed by atoms with E-state index >= 15 is 0 Å². The Morgan fingerprint density at radius 3 is 2.33 bits per heavy atom. The molecule has 21 heavy (non-hydrogen) atoms. The largest absolute Gasteiger partial charge is 0.454 e. The zero-order chi connectivity index (χ0) is 15.4. The number of benzene rings is 2. The van der Waals surface area contributed by atoms with Crippen LogP contribution in [0.2, 0.25) is 5.02 Å². The van der Waals surface area contributed by atoms with Crippen molar-refractivity contribution < 1.29 is 23.1 Å². The first-order valence-electron chi connectivity index (χ1n) is 5.89. The van der Waals surface area contributed by atoms with Gasteiger partial charge in [0.25, 0.3) is 0 Å². The Kier molecular flexibility index (Phi) is 4.65. The van der Waals surface area contributed by atoms with Crippen molar-refractivity contribution in [2.24, 2.45) is 0 Å². The van der Waals surface area contributed by atoms with E-state index in [0.29, 0.717) is 0 Å². The van der Waals surface area contributed by atoms with Crippen LogP contribution in [0.25, 0.3) is 0 Å². The summed E-state index contributed by atoms with van der Waals surface area (Å²) in [5.74, 6) is -3.38. The number of ketones is 1. The first kappa shape index (κ1) is 15.1. The van der Waals surface area contributed by atoms with E-state index in [2.05, 4.69) is 4.74 Å². The molecule has 2 aromatic carbocycles. The van der Waals surface area contributed by atoms with Crippen LogP contribution in [-0.2, 0) is 4.74 Å². The number of esters is 1. The molecule has 0 aliphatic rings. The summed E-state index contributed by atoms with van der Waals surface area (Å²) in [5.41, 5.74) is -0.662. The predicted molar refractivity (Wildman–Crippen MR) is 72.4 cm³/mol. The molecular formula is C15H9ClF2O3. The molecule has 2 aromatic rings. The van der Waals surface area contributed by atoms with Gasteiger partial charge in [0.15, 0.2) is 6.61 Å². The SMILES string of the molecule is O=C(COC(=O)c1c(F)cccc1Cl)c1ccccc1F. The van der Waals surface area contributed by atoms with Crippen LogP contribution in [0.5, 0.6) is 0 Å². The number of hydrogen-bond donors (Lipinski definition) is 0. The second kappa shape index (κ2) is 6.45. The molecule has 0 aliphatic carbocycles. The minimum atomic E-state index is -1.08. The molecule has 0 fully saturated rings. The zero-order valence-corrected chi connectivity index (χ0v) is 11.4. The van der Waals surface area contributed by atoms with Crippen molar-refractivity contribution in [2.45, 2.75) is 0 Å². The number of carbonyl (C=O) groups excluding carboxylic acids is 2. The van der Waals surface area contributed by atoms with E-state index in [1.165, 1.54) is 30.3 Å². The Morgan fingerprint density at radius 1 is 1.00 bits per heavy atom. The molecule has 2 rings (SSSR count). The quantitative estimate of drug-likeness (QED) is 0.639. The number of ether oxygens (including phenoxy) is 1. The number of halogens is 3. The van der Waals surface area contributed by atoms with Gasteiger partial charge in [0.2, 0.25) is 5.78 Å². The summed E-state index contributed by atoms with van der Waals surface area (Å²) in [4.78, 5) is 23.4. The molecule has 0 amide bonds. The number of Topliss-reactive ketones (excluding diaryl/α,β-unsaturated/α-hetero) is 1. The lowest BCUT2D eigenvalue weighted by molar-refractivity contribution is 0.0469. The summed E-state index contributed by atoms with van der Waals surface area (Å²) >= 11 is 5.70. The van der Waals surface area contributed by atoms with Gasteiger partial charge < -0.3 is 4.74 Å². The minimum absolute atomic E-state index is 0.127. The summed E-state index contributed by atoms with van der Waals surface area (Å²) in [7, 11) is 0. The smallest absolute Gasteiger partial charge is 0.343 e. The van der Waals surface area contributed by atoms with Crippen molar-refractivity contribution in [2.75, 3.05) is 6.61 Å². The van der Waals surface area contributed by atoms with Gasteiger partial charge in [-0.15, -0.1) is 0 Å². The molecule has 0 radical (unpaired) electrons. The maximum Gasteiger partial charge on any atom is 0.343 e. The predicted octanol–water partition coefficient (Wildman–Crippen LogP) is 3.66. The van der Waals surface area contributed by atoms with Gasteiger partial charge in [0.1, 0.15) is 17.2 Å². The van der Waals surface area contributed by atoms with Gasteiger partial charge in [0, 0.05) is 0 Å². The third-order valence-corrected chi connectivity index (χ3v) is 2.99. The molecule has 3 nitrogen and oxygen atoms in total. The van der Waals surface area contributed by atoms with Gasteiger partial charge in [-0.1, -0.05) is 29.8 Å². The van der Waals surface area contributed by atoms with Crippen LogP contribution in [0.15, 0.2) is 42.5 Å². The van der Waals surface area contributed by atoms with Gasteiger partial charge in [0.05, 0.1) is 10.6 Å². The van der Waals surface area contributed by atoms with Crippen LogP contribution in [0.1, 0.15) is 20.7 Å². The number of hydrogen-bond acceptors (Lipinski definition) is 3. The standard InChI is InChI=1S/C15H9ClF2O3/c16-10-5-3-7-12(18)14(10)15(20)21-8-13(19)9-4-1-2-6-11(9)17/h1-7H,8H2. The van der Waals surface area contributed by atoms with Crippen molar-refractivity contribution >= 4 is 23.4 Å². The lowest BCUT2D eigenvalue weighted by Gasteiger charge is -2.07. The van der Waals surface area contributed by atoms with Crippen LogP contribution in [0, 0.1) is 11.6 Å². The van der Waals surface area contributed by atoms with Gasteiger partial charge >= 0.3 is 5.97 Å². The maximum absolute atomic E-state index is 13.5. The van der Waals surface area contributed by atoms with Crippen LogP contribution >= 0.6 is 11.6 Å². The van der Waals surface area contributed by atoms with Crippen LogP contribution < -0.4 is 0 Å². The molecule has 0 bridgehead atoms. The highest BCUT2D eigenvalue weighted by Gasteiger charge is 2.19. The molecule has 0 aliphatic heterocycles. The van der Waals surface area contributed by atoms with E-state index in [-0.39, 0.29) is 10.6 Å². The zero-order valence-electron chi connectivity index (χ0n) is 10.6. The normalized spacial score (nSPS) is 10.2. The van der Waals surface area contributed by atoms with Gasteiger partial charge in [-0.05, 0) is 24.3 Å². The maximum atomic E-state index is 13.5. The first-order chi connectivity index (χ1) is 10.0. The van der Waals surface area contributed by atoms with E-state index in [0.717, 1.165) is 12.1 Å². The van der Waals surface area contributed by atoms with Crippen LogP contribution in [0.4, 0.5) is 8.78 Å². The van der Waals surface area contributed by atoms with Gasteiger partial charge in [-0.2, -0.15) is 0 Å². The van der Waals surface area contributed by atoms with E-state index in [9.17, 15) is 18.4 Å². The van der Waals surface area contributed by atoms with Crippen molar-refractivity contribution in [3.63, 3.8) is 0 Å². The highest BCUT2D eigenvalue weighted by atomic mass is 35.5. The highest BCUT2D eigenvalue weighted by Crippen LogP contribution is 2.20. The summed E-state index contributed by atoms with van der Waals surface area (Å²) in [5, 5.41) is -0.127. The minimum Gasteiger partial charge on any atom is -0.454 e. The molecule has 0 unspecified atom stereocenters. The molecule has 0 saturated carbocycles. The Bertz CT molecular complexity index is 681. The lowest BCUT2D eigenvalue weighted by atomic mass is 10.1. The fourth-order valence-corrected chi connectivity index (χ4v) is 1.90. The fourth-order valence-electron chi connectivity index (χ4n) is 1.66. The lowest BCUT2D eigenvalue weighted by Crippen LogP contribution is -2.16. The molecule has 0 N–H and O–H groups in total. The summed E-state index contributed by atoms with van der Waals surface area (Å²) in [6, 6.07) is 8.98. The van der Waals surface area contributed by atoms with Crippen molar-refractivity contribution in [3.8, 4) is 0 Å². The van der Waals surface area contributed by atoms with Gasteiger partial charge in [-0.3, -0.25) is 4.79 Å². The average Bonchev–Trinajstić information content (AvgIpc) is 2.45. The Hall–Kier alpha value is -2.27. The molecule has 0 aromatic heterocycles. The Labute approximate surface area is 124 Å². The van der Waals surface area contributed by atoms with Crippen molar-refractivity contribution in [1.29, 1.82) is 0 Å². The molecule has 6 heteroatoms. The topological polar surface area (TPSA) is 43.4 Å². The number of carbonyl (C=O) groups is 2. The second-order valence-corrected chi connectivity index (χ2v) is 4.48. The monoisotopic (exact) mass is 310 g/mol. The summed E-state index contributed by atoms with van der Waals surface area (Å²) in [6.07, 6.45) is 0. The molecule has 0 saturated heterocycles. The molecule has 0 heterocycles. The number of rotatable bonds is 4. The fraction of sp³-hybridized carbons (Fsp3) is 0.0667. The van der Waals surface area contributed by atoms with Crippen LogP contribution in [0.3, 0.4) is 0 Å². The summed E-state index contributed by atoms with van der Waals surface area (Å²) in [6.45, 7) is -0.704. The van der Waals surface area contributed by atoms with E-state index in [1.807, 2.05) is 0 Å². The molecule has 0 spiro atoms. The van der Waals surface area contributed by atoms with E-state index in [1.54, 1.807) is 0 Å². The Morgan fingerprint density at radius 2 is 1.67 bits per heavy atom. The second-order valence-electron chi connectivity index (χ2n) is 4.08. The van der Waals surface area contributed by atoms with Crippen molar-refractivity contribution in [1.82, 2.24) is 0 Å². The van der Waals surface area contributed by atoms with Crippen molar-refractivity contribution in [3.05, 3.63) is 70.2 Å². The average molecular weight is 311 g/mol. The highest BCUT2D eigenvalue weighted by molar-refractivity contribution is 6.33. The molecule has 108 valence electrons. The van der Waals surface area contributed by atoms with Gasteiger partial charge in [-0.25, -0.2) is 13.6 Å². The van der Waals surface area contributed by atoms with Crippen LogP contribution in [-0.4, -0.2) is 18.4 Å². The molecule has 0 atom stereocenters. The van der Waals surface area contributed by atoms with E-state index < -0.39 is 35.6 Å². The summed E-state index contributed by atoms with van der Waals surface area (Å²) < 4.78 is 31.5. The van der Waals surface area contributed by atoms with E-state index in [4.69, 9.17) is 11.6 Å². The Balaban J connectivity index is 2.08. The first-order valence-corrected chi connectivity index (χ1v) is 6.27. The third kappa shape index (κ3) is 3.44. The third-order valence-electron chi connectivity index (χ3n) is 2.68.